The summed E-state index contributed by atoms with van der Waals surface area (Å²) in [4.78, 5) is 22.7. The Bertz CT molecular complexity index is 314. The molecule has 8 heteroatoms. The van der Waals surface area contributed by atoms with Crippen molar-refractivity contribution in [2.45, 2.75) is 19.0 Å². The van der Waals surface area contributed by atoms with Gasteiger partial charge in [-0.2, -0.15) is 13.2 Å². The summed E-state index contributed by atoms with van der Waals surface area (Å²) in [6, 6.07) is 0. The van der Waals surface area contributed by atoms with E-state index in [1.807, 2.05) is 0 Å². The predicted octanol–water partition coefficient (Wildman–Crippen LogP) is 0.462. The summed E-state index contributed by atoms with van der Waals surface area (Å²) in [6.07, 6.45) is -3.41. The standard InChI is InChI=1S/C10H15F3N2O3/c11-10(12,13)6-15(5-8(16)17)9(18)7-2-1-3-14-4-7/h7,14H,1-6H2,(H,16,17)/t7-/m0/s1. The molecule has 1 aliphatic heterocycles. The summed E-state index contributed by atoms with van der Waals surface area (Å²) in [5.74, 6) is -2.77. The van der Waals surface area contributed by atoms with E-state index < -0.39 is 37.1 Å². The van der Waals surface area contributed by atoms with Gasteiger partial charge in [-0.05, 0) is 19.4 Å². The second-order valence-electron chi connectivity index (χ2n) is 4.25. The lowest BCUT2D eigenvalue weighted by Gasteiger charge is -2.29. The number of piperidine rings is 1. The molecule has 1 fully saturated rings. The van der Waals surface area contributed by atoms with Crippen molar-refractivity contribution >= 4 is 11.9 Å². The second kappa shape index (κ2) is 6.03. The number of hydrogen-bond acceptors (Lipinski definition) is 3. The van der Waals surface area contributed by atoms with Gasteiger partial charge in [0.2, 0.25) is 5.91 Å². The molecular weight excluding hydrogens is 253 g/mol. The molecule has 1 atom stereocenters. The Labute approximate surface area is 102 Å². The van der Waals surface area contributed by atoms with E-state index in [0.717, 1.165) is 6.54 Å². The van der Waals surface area contributed by atoms with E-state index in [9.17, 15) is 22.8 Å². The molecule has 1 heterocycles. The molecule has 0 aromatic rings. The molecule has 0 radical (unpaired) electrons. The van der Waals surface area contributed by atoms with Gasteiger partial charge in [0, 0.05) is 6.54 Å². The van der Waals surface area contributed by atoms with Crippen molar-refractivity contribution < 1.29 is 27.9 Å². The van der Waals surface area contributed by atoms with Crippen molar-refractivity contribution in [3.05, 3.63) is 0 Å². The van der Waals surface area contributed by atoms with Gasteiger partial charge in [0.05, 0.1) is 5.92 Å². The van der Waals surface area contributed by atoms with Gasteiger partial charge in [0.1, 0.15) is 13.1 Å². The van der Waals surface area contributed by atoms with Crippen molar-refractivity contribution in [3.8, 4) is 0 Å². The van der Waals surface area contributed by atoms with E-state index in [4.69, 9.17) is 5.11 Å². The molecule has 5 nitrogen and oxygen atoms in total. The highest BCUT2D eigenvalue weighted by molar-refractivity contribution is 5.83. The predicted molar refractivity (Wildman–Crippen MR) is 55.9 cm³/mol. The number of nitrogens with zero attached hydrogens (tertiary/aromatic N) is 1. The summed E-state index contributed by atoms with van der Waals surface area (Å²) >= 11 is 0. The average Bonchev–Trinajstić information content (AvgIpc) is 2.26. The van der Waals surface area contributed by atoms with Crippen LogP contribution in [0.3, 0.4) is 0 Å². The van der Waals surface area contributed by atoms with Crippen molar-refractivity contribution in [1.29, 1.82) is 0 Å². The molecule has 1 aliphatic rings. The van der Waals surface area contributed by atoms with E-state index in [2.05, 4.69) is 5.32 Å². The van der Waals surface area contributed by atoms with E-state index in [0.29, 0.717) is 24.3 Å². The van der Waals surface area contributed by atoms with Crippen LogP contribution in [0, 0.1) is 5.92 Å². The van der Waals surface area contributed by atoms with Gasteiger partial charge in [-0.15, -0.1) is 0 Å². The first-order chi connectivity index (χ1) is 8.29. The van der Waals surface area contributed by atoms with Gasteiger partial charge in [-0.3, -0.25) is 9.59 Å². The number of rotatable bonds is 4. The first kappa shape index (κ1) is 14.7. The van der Waals surface area contributed by atoms with Crippen LogP contribution < -0.4 is 5.32 Å². The normalized spacial score (nSPS) is 20.5. The molecule has 104 valence electrons. The highest BCUT2D eigenvalue weighted by Gasteiger charge is 2.36. The molecule has 0 aliphatic carbocycles. The summed E-state index contributed by atoms with van der Waals surface area (Å²) in [5, 5.41) is 11.5. The summed E-state index contributed by atoms with van der Waals surface area (Å²) < 4.78 is 36.8. The quantitative estimate of drug-likeness (QED) is 0.777. The minimum Gasteiger partial charge on any atom is -0.480 e. The van der Waals surface area contributed by atoms with Crippen molar-refractivity contribution in [3.63, 3.8) is 0 Å². The average molecular weight is 268 g/mol. The van der Waals surface area contributed by atoms with Crippen molar-refractivity contribution in [2.75, 3.05) is 26.2 Å². The number of carboxylic acids is 1. The maximum Gasteiger partial charge on any atom is 0.406 e. The largest absolute Gasteiger partial charge is 0.480 e. The molecule has 1 saturated heterocycles. The molecule has 0 bridgehead atoms. The maximum atomic E-state index is 12.3. The molecule has 0 spiro atoms. The number of carbonyl (C=O) groups is 2. The van der Waals surface area contributed by atoms with E-state index >= 15 is 0 Å². The first-order valence-electron chi connectivity index (χ1n) is 5.57. The minimum absolute atomic E-state index is 0.298. The maximum absolute atomic E-state index is 12.3. The zero-order valence-electron chi connectivity index (χ0n) is 9.66. The Hall–Kier alpha value is -1.31. The Morgan fingerprint density at radius 2 is 2.06 bits per heavy atom. The number of hydrogen-bond donors (Lipinski definition) is 2. The third kappa shape index (κ3) is 4.91. The molecule has 0 aromatic carbocycles. The summed E-state index contributed by atoms with van der Waals surface area (Å²) in [5.41, 5.74) is 0. The van der Waals surface area contributed by atoms with Gasteiger partial charge in [-0.1, -0.05) is 0 Å². The zero-order valence-corrected chi connectivity index (χ0v) is 9.66. The lowest BCUT2D eigenvalue weighted by molar-refractivity contribution is -0.168. The van der Waals surface area contributed by atoms with E-state index in [1.54, 1.807) is 0 Å². The highest BCUT2D eigenvalue weighted by atomic mass is 19.4. The Balaban J connectivity index is 2.68. The van der Waals surface area contributed by atoms with Crippen LogP contribution in [0.25, 0.3) is 0 Å². The fourth-order valence-corrected chi connectivity index (χ4v) is 1.91. The Morgan fingerprint density at radius 1 is 1.39 bits per heavy atom. The van der Waals surface area contributed by atoms with E-state index in [1.165, 1.54) is 0 Å². The Kier molecular flexibility index (Phi) is 4.94. The van der Waals surface area contributed by atoms with Crippen LogP contribution in [0.15, 0.2) is 0 Å². The number of carbonyl (C=O) groups excluding carboxylic acids is 1. The molecule has 1 amide bonds. The number of halogens is 3. The Morgan fingerprint density at radius 3 is 2.50 bits per heavy atom. The van der Waals surface area contributed by atoms with E-state index in [-0.39, 0.29) is 0 Å². The number of alkyl halides is 3. The van der Waals surface area contributed by atoms with Gasteiger partial charge < -0.3 is 15.3 Å². The minimum atomic E-state index is -4.59. The highest BCUT2D eigenvalue weighted by Crippen LogP contribution is 2.20. The molecule has 1 rings (SSSR count). The van der Waals surface area contributed by atoms with Gasteiger partial charge in [0.15, 0.2) is 0 Å². The third-order valence-corrected chi connectivity index (χ3v) is 2.65. The zero-order chi connectivity index (χ0) is 13.8. The topological polar surface area (TPSA) is 69.6 Å². The number of nitrogens with one attached hydrogen (secondary N) is 1. The van der Waals surface area contributed by atoms with Crippen LogP contribution in [-0.4, -0.2) is 54.2 Å². The van der Waals surface area contributed by atoms with Crippen LogP contribution >= 0.6 is 0 Å². The molecule has 0 saturated carbocycles. The third-order valence-electron chi connectivity index (χ3n) is 2.65. The number of carboxylic acid groups (broad SMARTS) is 1. The fraction of sp³-hybridized carbons (Fsp3) is 0.800. The monoisotopic (exact) mass is 268 g/mol. The lowest BCUT2D eigenvalue weighted by Crippen LogP contribution is -2.48. The lowest BCUT2D eigenvalue weighted by atomic mass is 9.98. The molecule has 2 N–H and O–H groups in total. The number of amides is 1. The molecule has 18 heavy (non-hydrogen) atoms. The van der Waals surface area contributed by atoms with Crippen LogP contribution in [0.1, 0.15) is 12.8 Å². The van der Waals surface area contributed by atoms with Crippen LogP contribution in [0.2, 0.25) is 0 Å². The molecule has 0 unspecified atom stereocenters. The SMILES string of the molecule is O=C(O)CN(CC(F)(F)F)C(=O)[C@H]1CCCNC1. The van der Waals surface area contributed by atoms with Gasteiger partial charge in [-0.25, -0.2) is 0 Å². The van der Waals surface area contributed by atoms with Crippen LogP contribution in [0.4, 0.5) is 13.2 Å². The molecular formula is C10H15F3N2O3. The summed E-state index contributed by atoms with van der Waals surface area (Å²) in [7, 11) is 0. The molecule has 0 aromatic heterocycles. The van der Waals surface area contributed by atoms with Crippen molar-refractivity contribution in [1.82, 2.24) is 10.2 Å². The first-order valence-corrected chi connectivity index (χ1v) is 5.57. The van der Waals surface area contributed by atoms with Crippen molar-refractivity contribution in [2.24, 2.45) is 5.92 Å². The summed E-state index contributed by atoms with van der Waals surface area (Å²) in [6.45, 7) is -1.42. The fourth-order valence-electron chi connectivity index (χ4n) is 1.91. The number of aliphatic carboxylic acids is 1. The van der Waals surface area contributed by atoms with Gasteiger partial charge in [0.25, 0.3) is 0 Å². The van der Waals surface area contributed by atoms with Crippen LogP contribution in [-0.2, 0) is 9.59 Å². The van der Waals surface area contributed by atoms with Gasteiger partial charge >= 0.3 is 12.1 Å². The smallest absolute Gasteiger partial charge is 0.406 e. The van der Waals surface area contributed by atoms with Crippen LogP contribution in [0.5, 0.6) is 0 Å². The second-order valence-corrected chi connectivity index (χ2v) is 4.25.